The third-order valence-electron chi connectivity index (χ3n) is 4.45. The zero-order chi connectivity index (χ0) is 15.7. The highest BCUT2D eigenvalue weighted by Gasteiger charge is 2.62. The molecule has 21 heavy (non-hydrogen) atoms. The van der Waals surface area contributed by atoms with Gasteiger partial charge in [0, 0.05) is 12.7 Å². The van der Waals surface area contributed by atoms with E-state index in [4.69, 9.17) is 5.73 Å². The van der Waals surface area contributed by atoms with Gasteiger partial charge in [-0.2, -0.15) is 0 Å². The van der Waals surface area contributed by atoms with E-state index in [2.05, 4.69) is 25.8 Å². The van der Waals surface area contributed by atoms with E-state index in [1.165, 1.54) is 0 Å². The Morgan fingerprint density at radius 3 is 2.86 bits per heavy atom. The van der Waals surface area contributed by atoms with Crippen LogP contribution in [0.3, 0.4) is 0 Å². The molecule has 3 N–H and O–H groups in total. The summed E-state index contributed by atoms with van der Waals surface area (Å²) in [5.41, 5.74) is 5.74. The molecule has 2 unspecified atom stereocenters. The first-order valence-corrected chi connectivity index (χ1v) is 7.75. The molecule has 1 aromatic heterocycles. The molecule has 0 aromatic carbocycles. The van der Waals surface area contributed by atoms with Crippen molar-refractivity contribution < 1.29 is 9.90 Å². The molecule has 5 nitrogen and oxygen atoms in total. The number of imidazole rings is 1. The SMILES string of the molecule is CC(C)(C)CCn1cnc(C2(C(=O)O)CC2CCCN)c1. The number of aryl methyl sites for hydroxylation is 1. The lowest BCUT2D eigenvalue weighted by molar-refractivity contribution is -0.140. The van der Waals surface area contributed by atoms with Gasteiger partial charge in [0.15, 0.2) is 0 Å². The van der Waals surface area contributed by atoms with Gasteiger partial charge >= 0.3 is 5.97 Å². The molecule has 2 rings (SSSR count). The molecule has 1 aliphatic rings. The van der Waals surface area contributed by atoms with Gasteiger partial charge in [-0.3, -0.25) is 4.79 Å². The number of nitrogens with zero attached hydrogens (tertiary/aromatic N) is 2. The molecule has 118 valence electrons. The Morgan fingerprint density at radius 2 is 2.29 bits per heavy atom. The predicted octanol–water partition coefficient (Wildman–Crippen LogP) is 2.40. The summed E-state index contributed by atoms with van der Waals surface area (Å²) in [5.74, 6) is -0.560. The van der Waals surface area contributed by atoms with Crippen molar-refractivity contribution in [2.45, 2.75) is 58.4 Å². The average Bonchev–Trinajstić information content (AvgIpc) is 2.93. The van der Waals surface area contributed by atoms with Crippen molar-refractivity contribution in [3.05, 3.63) is 18.2 Å². The van der Waals surface area contributed by atoms with Crippen molar-refractivity contribution in [1.82, 2.24) is 9.55 Å². The number of hydrogen-bond acceptors (Lipinski definition) is 3. The van der Waals surface area contributed by atoms with Crippen molar-refractivity contribution in [1.29, 1.82) is 0 Å². The van der Waals surface area contributed by atoms with Gasteiger partial charge in [0.05, 0.1) is 12.0 Å². The third kappa shape index (κ3) is 3.46. The van der Waals surface area contributed by atoms with Crippen LogP contribution in [0.15, 0.2) is 12.5 Å². The molecule has 0 bridgehead atoms. The van der Waals surface area contributed by atoms with Crippen molar-refractivity contribution >= 4 is 5.97 Å². The molecule has 0 aliphatic heterocycles. The van der Waals surface area contributed by atoms with Crippen LogP contribution in [-0.2, 0) is 16.8 Å². The lowest BCUT2D eigenvalue weighted by Gasteiger charge is -2.17. The largest absolute Gasteiger partial charge is 0.481 e. The van der Waals surface area contributed by atoms with Gasteiger partial charge in [-0.15, -0.1) is 0 Å². The van der Waals surface area contributed by atoms with E-state index in [1.54, 1.807) is 6.33 Å². The van der Waals surface area contributed by atoms with Crippen molar-refractivity contribution in [2.75, 3.05) is 6.54 Å². The Labute approximate surface area is 126 Å². The zero-order valence-corrected chi connectivity index (χ0v) is 13.3. The topological polar surface area (TPSA) is 81.1 Å². The van der Waals surface area contributed by atoms with Crippen LogP contribution in [0, 0.1) is 11.3 Å². The smallest absolute Gasteiger partial charge is 0.316 e. The summed E-state index contributed by atoms with van der Waals surface area (Å²) < 4.78 is 2.02. The molecular formula is C16H27N3O2. The first-order chi connectivity index (χ1) is 9.79. The molecule has 5 heteroatoms. The first-order valence-electron chi connectivity index (χ1n) is 7.75. The second-order valence-corrected chi connectivity index (χ2v) is 7.42. The van der Waals surface area contributed by atoms with Crippen LogP contribution in [0.4, 0.5) is 0 Å². The van der Waals surface area contributed by atoms with E-state index in [1.807, 2.05) is 10.8 Å². The summed E-state index contributed by atoms with van der Waals surface area (Å²) in [7, 11) is 0. The number of carboxylic acids is 1. The Hall–Kier alpha value is -1.36. The highest BCUT2D eigenvalue weighted by Crippen LogP contribution is 2.56. The number of nitrogens with two attached hydrogens (primary N) is 1. The van der Waals surface area contributed by atoms with Crippen LogP contribution < -0.4 is 5.73 Å². The molecule has 0 spiro atoms. The average molecular weight is 293 g/mol. The summed E-state index contributed by atoms with van der Waals surface area (Å²) in [6, 6.07) is 0. The summed E-state index contributed by atoms with van der Waals surface area (Å²) >= 11 is 0. The number of hydrogen-bond donors (Lipinski definition) is 2. The van der Waals surface area contributed by atoms with E-state index in [0.717, 1.165) is 25.8 Å². The quantitative estimate of drug-likeness (QED) is 0.809. The van der Waals surface area contributed by atoms with Crippen LogP contribution in [-0.4, -0.2) is 27.2 Å². The van der Waals surface area contributed by atoms with Gasteiger partial charge in [0.2, 0.25) is 0 Å². The summed E-state index contributed by atoms with van der Waals surface area (Å²) in [6.07, 6.45) is 7.17. The summed E-state index contributed by atoms with van der Waals surface area (Å²) in [6.45, 7) is 8.10. The molecule has 0 saturated heterocycles. The van der Waals surface area contributed by atoms with Gasteiger partial charge in [0.1, 0.15) is 5.41 Å². The number of rotatable bonds is 7. The fraction of sp³-hybridized carbons (Fsp3) is 0.750. The molecule has 1 saturated carbocycles. The fourth-order valence-corrected chi connectivity index (χ4v) is 2.90. The lowest BCUT2D eigenvalue weighted by Crippen LogP contribution is -2.23. The van der Waals surface area contributed by atoms with Crippen LogP contribution in [0.2, 0.25) is 0 Å². The Morgan fingerprint density at radius 1 is 1.57 bits per heavy atom. The first kappa shape index (κ1) is 16.0. The van der Waals surface area contributed by atoms with Crippen LogP contribution >= 0.6 is 0 Å². The Kier molecular flexibility index (Phi) is 4.42. The second kappa shape index (κ2) is 5.79. The minimum atomic E-state index is -0.762. The van der Waals surface area contributed by atoms with Gasteiger partial charge < -0.3 is 15.4 Å². The molecule has 1 aromatic rings. The van der Waals surface area contributed by atoms with Gasteiger partial charge in [-0.1, -0.05) is 20.8 Å². The standard InChI is InChI=1S/C16H27N3O2/c1-15(2,3)6-8-19-10-13(18-11-19)16(14(20)21)9-12(16)5-4-7-17/h10-12H,4-9,17H2,1-3H3,(H,20,21). The van der Waals surface area contributed by atoms with Crippen LogP contribution in [0.5, 0.6) is 0 Å². The van der Waals surface area contributed by atoms with Gasteiger partial charge in [-0.05, 0) is 43.6 Å². The molecule has 0 radical (unpaired) electrons. The Bertz CT molecular complexity index is 504. The van der Waals surface area contributed by atoms with Crippen molar-refractivity contribution in [3.63, 3.8) is 0 Å². The summed E-state index contributed by atoms with van der Waals surface area (Å²) in [4.78, 5) is 16.1. The highest BCUT2D eigenvalue weighted by molar-refractivity contribution is 5.85. The van der Waals surface area contributed by atoms with E-state index < -0.39 is 11.4 Å². The number of aliphatic carboxylic acids is 1. The molecule has 1 fully saturated rings. The maximum Gasteiger partial charge on any atom is 0.316 e. The predicted molar refractivity (Wildman–Crippen MR) is 82.0 cm³/mol. The zero-order valence-electron chi connectivity index (χ0n) is 13.3. The van der Waals surface area contributed by atoms with E-state index >= 15 is 0 Å². The monoisotopic (exact) mass is 293 g/mol. The van der Waals surface area contributed by atoms with E-state index in [9.17, 15) is 9.90 Å². The van der Waals surface area contributed by atoms with Crippen molar-refractivity contribution in [3.8, 4) is 0 Å². The molecule has 0 amide bonds. The number of carboxylic acid groups (broad SMARTS) is 1. The normalized spacial score (nSPS) is 25.0. The lowest BCUT2D eigenvalue weighted by atomic mass is 9.92. The Balaban J connectivity index is 2.06. The van der Waals surface area contributed by atoms with Crippen molar-refractivity contribution in [2.24, 2.45) is 17.1 Å². The van der Waals surface area contributed by atoms with Gasteiger partial charge in [0.25, 0.3) is 0 Å². The molecule has 2 atom stereocenters. The molecular weight excluding hydrogens is 266 g/mol. The van der Waals surface area contributed by atoms with Gasteiger partial charge in [-0.25, -0.2) is 4.98 Å². The second-order valence-electron chi connectivity index (χ2n) is 7.42. The van der Waals surface area contributed by atoms with E-state index in [-0.39, 0.29) is 11.3 Å². The number of carbonyl (C=O) groups is 1. The van der Waals surface area contributed by atoms with E-state index in [0.29, 0.717) is 18.7 Å². The molecule has 1 heterocycles. The fourth-order valence-electron chi connectivity index (χ4n) is 2.90. The maximum atomic E-state index is 11.7. The van der Waals surface area contributed by atoms with Crippen LogP contribution in [0.25, 0.3) is 0 Å². The maximum absolute atomic E-state index is 11.7. The minimum absolute atomic E-state index is 0.185. The molecule has 1 aliphatic carbocycles. The van der Waals surface area contributed by atoms with Crippen LogP contribution in [0.1, 0.15) is 52.1 Å². The third-order valence-corrected chi connectivity index (χ3v) is 4.45. The highest BCUT2D eigenvalue weighted by atomic mass is 16.4. The minimum Gasteiger partial charge on any atom is -0.481 e. The summed E-state index contributed by atoms with van der Waals surface area (Å²) in [5, 5.41) is 9.61. The number of aromatic nitrogens is 2.